The lowest BCUT2D eigenvalue weighted by molar-refractivity contribution is 0.518. The van der Waals surface area contributed by atoms with Gasteiger partial charge < -0.3 is 10.6 Å². The first kappa shape index (κ1) is 14.8. The number of aromatic nitrogens is 1. The van der Waals surface area contributed by atoms with E-state index < -0.39 is 0 Å². The lowest BCUT2D eigenvalue weighted by atomic mass is 10.0. The van der Waals surface area contributed by atoms with E-state index in [1.165, 1.54) is 12.8 Å². The van der Waals surface area contributed by atoms with Crippen molar-refractivity contribution >= 4 is 11.6 Å². The van der Waals surface area contributed by atoms with Gasteiger partial charge in [0.2, 0.25) is 0 Å². The third kappa shape index (κ3) is 5.39. The molecule has 0 aliphatic heterocycles. The molecule has 0 unspecified atom stereocenters. The van der Waals surface area contributed by atoms with E-state index >= 15 is 0 Å². The Labute approximate surface area is 111 Å². The third-order valence-corrected chi connectivity index (χ3v) is 2.98. The van der Waals surface area contributed by atoms with E-state index in [0.29, 0.717) is 0 Å². The van der Waals surface area contributed by atoms with Crippen molar-refractivity contribution in [2.75, 3.05) is 17.2 Å². The highest BCUT2D eigenvalue weighted by Crippen LogP contribution is 2.15. The van der Waals surface area contributed by atoms with E-state index in [-0.39, 0.29) is 5.54 Å². The van der Waals surface area contributed by atoms with Crippen molar-refractivity contribution in [1.29, 1.82) is 0 Å². The number of anilines is 2. The predicted octanol–water partition coefficient (Wildman–Crippen LogP) is 4.14. The molecule has 0 saturated carbocycles. The summed E-state index contributed by atoms with van der Waals surface area (Å²) in [6.45, 7) is 11.9. The molecule has 0 atom stereocenters. The van der Waals surface area contributed by atoms with Crippen molar-refractivity contribution in [3.63, 3.8) is 0 Å². The first-order chi connectivity index (χ1) is 8.44. The summed E-state index contributed by atoms with van der Waals surface area (Å²) in [5.41, 5.74) is 0.0427. The van der Waals surface area contributed by atoms with E-state index in [0.717, 1.165) is 24.1 Å². The highest BCUT2D eigenvalue weighted by atomic mass is 15.1. The normalized spacial score (nSPS) is 11.7. The molecule has 18 heavy (non-hydrogen) atoms. The minimum absolute atomic E-state index is 0.0427. The van der Waals surface area contributed by atoms with E-state index in [1.807, 2.05) is 18.2 Å². The molecule has 0 aromatic carbocycles. The average Bonchev–Trinajstić information content (AvgIpc) is 2.28. The van der Waals surface area contributed by atoms with Crippen LogP contribution in [0.2, 0.25) is 0 Å². The summed E-state index contributed by atoms with van der Waals surface area (Å²) in [6, 6.07) is 6.07. The Morgan fingerprint density at radius 3 is 2.28 bits per heavy atom. The molecule has 3 heteroatoms. The molecule has 3 nitrogen and oxygen atoms in total. The van der Waals surface area contributed by atoms with Crippen LogP contribution < -0.4 is 10.6 Å². The maximum atomic E-state index is 4.58. The number of nitrogens with zero attached hydrogens (tertiary/aromatic N) is 1. The molecule has 0 saturated heterocycles. The Hall–Kier alpha value is -1.25. The van der Waals surface area contributed by atoms with Crippen LogP contribution in [-0.2, 0) is 0 Å². The molecular weight excluding hydrogens is 222 g/mol. The Balaban J connectivity index is 2.59. The molecule has 2 N–H and O–H groups in total. The summed E-state index contributed by atoms with van der Waals surface area (Å²) >= 11 is 0. The Morgan fingerprint density at radius 1 is 1.11 bits per heavy atom. The van der Waals surface area contributed by atoms with Crippen LogP contribution >= 0.6 is 0 Å². The monoisotopic (exact) mass is 249 g/mol. The predicted molar refractivity (Wildman–Crippen MR) is 80.2 cm³/mol. The summed E-state index contributed by atoms with van der Waals surface area (Å²) in [7, 11) is 0. The van der Waals surface area contributed by atoms with Crippen LogP contribution in [0, 0.1) is 5.92 Å². The zero-order valence-electron chi connectivity index (χ0n) is 12.4. The van der Waals surface area contributed by atoms with Crippen LogP contribution in [0.3, 0.4) is 0 Å². The van der Waals surface area contributed by atoms with Crippen LogP contribution in [0.25, 0.3) is 0 Å². The van der Waals surface area contributed by atoms with E-state index in [4.69, 9.17) is 0 Å². The molecule has 0 fully saturated rings. The van der Waals surface area contributed by atoms with Crippen molar-refractivity contribution in [2.24, 2.45) is 5.92 Å². The number of hydrogen-bond acceptors (Lipinski definition) is 3. The summed E-state index contributed by atoms with van der Waals surface area (Å²) in [5, 5.41) is 6.81. The maximum absolute atomic E-state index is 4.58. The van der Waals surface area contributed by atoms with E-state index in [2.05, 4.69) is 50.2 Å². The number of hydrogen-bond donors (Lipinski definition) is 2. The van der Waals surface area contributed by atoms with Crippen LogP contribution in [0.1, 0.15) is 47.5 Å². The van der Waals surface area contributed by atoms with Crippen molar-refractivity contribution in [3.05, 3.63) is 18.2 Å². The van der Waals surface area contributed by atoms with Crippen LogP contribution in [0.15, 0.2) is 18.2 Å². The van der Waals surface area contributed by atoms with Gasteiger partial charge >= 0.3 is 0 Å². The second kappa shape index (κ2) is 6.62. The van der Waals surface area contributed by atoms with Gasteiger partial charge in [0.15, 0.2) is 0 Å². The fraction of sp³-hybridized carbons (Fsp3) is 0.667. The van der Waals surface area contributed by atoms with Crippen LogP contribution in [0.4, 0.5) is 11.6 Å². The third-order valence-electron chi connectivity index (χ3n) is 2.98. The lowest BCUT2D eigenvalue weighted by Gasteiger charge is -2.22. The molecule has 0 spiro atoms. The van der Waals surface area contributed by atoms with Gasteiger partial charge in [-0.05, 0) is 38.8 Å². The van der Waals surface area contributed by atoms with E-state index in [9.17, 15) is 0 Å². The van der Waals surface area contributed by atoms with Gasteiger partial charge in [0, 0.05) is 12.1 Å². The first-order valence-electron chi connectivity index (χ1n) is 6.93. The van der Waals surface area contributed by atoms with Crippen molar-refractivity contribution in [1.82, 2.24) is 4.98 Å². The van der Waals surface area contributed by atoms with Crippen molar-refractivity contribution in [2.45, 2.75) is 53.0 Å². The van der Waals surface area contributed by atoms with Crippen molar-refractivity contribution < 1.29 is 0 Å². The highest BCUT2D eigenvalue weighted by molar-refractivity contribution is 5.46. The fourth-order valence-electron chi connectivity index (χ4n) is 1.81. The maximum Gasteiger partial charge on any atom is 0.128 e. The van der Waals surface area contributed by atoms with Gasteiger partial charge in [-0.2, -0.15) is 0 Å². The Morgan fingerprint density at radius 2 is 1.72 bits per heavy atom. The second-order valence-corrected chi connectivity index (χ2v) is 5.85. The summed E-state index contributed by atoms with van der Waals surface area (Å²) < 4.78 is 0. The molecule has 102 valence electrons. The number of nitrogens with one attached hydrogen (secondary N) is 2. The molecule has 1 heterocycles. The number of rotatable bonds is 6. The molecule has 0 radical (unpaired) electrons. The fourth-order valence-corrected chi connectivity index (χ4v) is 1.81. The summed E-state index contributed by atoms with van der Waals surface area (Å²) in [5.74, 6) is 2.61. The minimum Gasteiger partial charge on any atom is -0.370 e. The molecule has 1 aromatic heterocycles. The smallest absolute Gasteiger partial charge is 0.128 e. The minimum atomic E-state index is 0.0427. The van der Waals surface area contributed by atoms with Gasteiger partial charge in [-0.25, -0.2) is 4.98 Å². The summed E-state index contributed by atoms with van der Waals surface area (Å²) in [6.07, 6.45) is 2.42. The first-order valence-corrected chi connectivity index (χ1v) is 6.93. The largest absolute Gasteiger partial charge is 0.370 e. The van der Waals surface area contributed by atoms with Crippen LogP contribution in [0.5, 0.6) is 0 Å². The molecule has 1 aromatic rings. The SMILES string of the molecule is CCC(CC)CNc1cccc(NC(C)(C)C)n1. The second-order valence-electron chi connectivity index (χ2n) is 5.85. The van der Waals surface area contributed by atoms with E-state index in [1.54, 1.807) is 0 Å². The van der Waals surface area contributed by atoms with Gasteiger partial charge in [0.25, 0.3) is 0 Å². The zero-order chi connectivity index (χ0) is 13.6. The lowest BCUT2D eigenvalue weighted by Crippen LogP contribution is -2.26. The van der Waals surface area contributed by atoms with Gasteiger partial charge in [0.1, 0.15) is 11.6 Å². The topological polar surface area (TPSA) is 37.0 Å². The molecule has 0 amide bonds. The quantitative estimate of drug-likeness (QED) is 0.795. The molecular formula is C15H27N3. The van der Waals surface area contributed by atoms with Gasteiger partial charge in [-0.3, -0.25) is 0 Å². The number of pyridine rings is 1. The zero-order valence-corrected chi connectivity index (χ0v) is 12.4. The molecule has 0 aliphatic carbocycles. The van der Waals surface area contributed by atoms with Gasteiger partial charge in [0.05, 0.1) is 0 Å². The average molecular weight is 249 g/mol. The molecule has 1 rings (SSSR count). The van der Waals surface area contributed by atoms with Crippen molar-refractivity contribution in [3.8, 4) is 0 Å². The van der Waals surface area contributed by atoms with Gasteiger partial charge in [-0.1, -0.05) is 32.8 Å². The Kier molecular flexibility index (Phi) is 5.45. The summed E-state index contributed by atoms with van der Waals surface area (Å²) in [4.78, 5) is 4.58. The highest BCUT2D eigenvalue weighted by Gasteiger charge is 2.10. The Bertz CT molecular complexity index is 351. The molecule has 0 aliphatic rings. The standard InChI is InChI=1S/C15H27N3/c1-6-12(7-2)11-16-13-9-8-10-14(17-13)18-15(3,4)5/h8-10,12H,6-7,11H2,1-5H3,(H2,16,17,18). The van der Waals surface area contributed by atoms with Crippen LogP contribution in [-0.4, -0.2) is 17.1 Å². The molecule has 0 bridgehead atoms. The van der Waals surface area contributed by atoms with Gasteiger partial charge in [-0.15, -0.1) is 0 Å².